The SMILES string of the molecule is CCCCCCCC(=O)OC[C@@H](OC(=O)CCCCCCC)[C@@H](O)[C@H](O)[C@H](O)CO. The van der Waals surface area contributed by atoms with Crippen molar-refractivity contribution in [2.45, 2.75) is 115 Å². The summed E-state index contributed by atoms with van der Waals surface area (Å²) in [6, 6.07) is 0. The second-order valence-corrected chi connectivity index (χ2v) is 7.77. The van der Waals surface area contributed by atoms with Crippen LogP contribution >= 0.6 is 0 Å². The molecule has 30 heavy (non-hydrogen) atoms. The van der Waals surface area contributed by atoms with Crippen molar-refractivity contribution < 1.29 is 39.5 Å². The molecule has 0 aromatic heterocycles. The highest BCUT2D eigenvalue weighted by Crippen LogP contribution is 2.13. The van der Waals surface area contributed by atoms with E-state index in [0.717, 1.165) is 51.4 Å². The Balaban J connectivity index is 4.60. The number of rotatable bonds is 19. The molecule has 0 saturated carbocycles. The molecule has 0 radical (unpaired) electrons. The van der Waals surface area contributed by atoms with E-state index in [4.69, 9.17) is 14.6 Å². The second kappa shape index (κ2) is 18.5. The fourth-order valence-corrected chi connectivity index (χ4v) is 2.98. The molecule has 0 aromatic carbocycles. The summed E-state index contributed by atoms with van der Waals surface area (Å²) in [7, 11) is 0. The van der Waals surface area contributed by atoms with Gasteiger partial charge in [0, 0.05) is 12.8 Å². The molecule has 8 nitrogen and oxygen atoms in total. The minimum absolute atomic E-state index is 0.150. The topological polar surface area (TPSA) is 134 Å². The van der Waals surface area contributed by atoms with Crippen molar-refractivity contribution in [3.05, 3.63) is 0 Å². The number of aliphatic hydroxyl groups excluding tert-OH is 4. The van der Waals surface area contributed by atoms with Crippen molar-refractivity contribution in [2.24, 2.45) is 0 Å². The summed E-state index contributed by atoms with van der Waals surface area (Å²) >= 11 is 0. The zero-order valence-electron chi connectivity index (χ0n) is 18.6. The number of ether oxygens (including phenoxy) is 2. The van der Waals surface area contributed by atoms with Gasteiger partial charge in [-0.25, -0.2) is 0 Å². The smallest absolute Gasteiger partial charge is 0.306 e. The quantitative estimate of drug-likeness (QED) is 0.180. The highest BCUT2D eigenvalue weighted by atomic mass is 16.6. The fourth-order valence-electron chi connectivity index (χ4n) is 2.98. The number of hydrogen-bond acceptors (Lipinski definition) is 8. The Morgan fingerprint density at radius 1 is 0.733 bits per heavy atom. The van der Waals surface area contributed by atoms with Gasteiger partial charge in [-0.05, 0) is 12.8 Å². The number of carbonyl (C=O) groups excluding carboxylic acids is 2. The first-order valence-electron chi connectivity index (χ1n) is 11.4. The zero-order chi connectivity index (χ0) is 22.8. The molecule has 8 heteroatoms. The van der Waals surface area contributed by atoms with Gasteiger partial charge in [-0.1, -0.05) is 65.2 Å². The van der Waals surface area contributed by atoms with Crippen LogP contribution in [0.1, 0.15) is 90.9 Å². The van der Waals surface area contributed by atoms with E-state index in [1.165, 1.54) is 0 Å². The summed E-state index contributed by atoms with van der Waals surface area (Å²) < 4.78 is 10.3. The third kappa shape index (κ3) is 13.9. The normalized spacial score (nSPS) is 15.3. The van der Waals surface area contributed by atoms with Gasteiger partial charge < -0.3 is 29.9 Å². The molecular weight excluding hydrogens is 392 g/mol. The van der Waals surface area contributed by atoms with Crippen LogP contribution in [0.3, 0.4) is 0 Å². The van der Waals surface area contributed by atoms with Gasteiger partial charge in [-0.3, -0.25) is 9.59 Å². The van der Waals surface area contributed by atoms with E-state index in [-0.39, 0.29) is 12.8 Å². The van der Waals surface area contributed by atoms with Crippen LogP contribution in [-0.2, 0) is 19.1 Å². The first-order chi connectivity index (χ1) is 14.4. The summed E-state index contributed by atoms with van der Waals surface area (Å²) in [5, 5.41) is 38.7. The molecule has 0 aliphatic rings. The van der Waals surface area contributed by atoms with E-state index >= 15 is 0 Å². The molecule has 0 aliphatic carbocycles. The van der Waals surface area contributed by atoms with Gasteiger partial charge in [0.2, 0.25) is 0 Å². The molecule has 0 aromatic rings. The number of aliphatic hydroxyl groups is 4. The van der Waals surface area contributed by atoms with Crippen molar-refractivity contribution in [2.75, 3.05) is 13.2 Å². The lowest BCUT2D eigenvalue weighted by Crippen LogP contribution is -2.49. The average Bonchev–Trinajstić information content (AvgIpc) is 2.74. The van der Waals surface area contributed by atoms with Gasteiger partial charge in [0.15, 0.2) is 6.10 Å². The lowest BCUT2D eigenvalue weighted by molar-refractivity contribution is -0.178. The molecule has 0 bridgehead atoms. The number of unbranched alkanes of at least 4 members (excludes halogenated alkanes) is 8. The van der Waals surface area contributed by atoms with Crippen LogP contribution in [0.15, 0.2) is 0 Å². The van der Waals surface area contributed by atoms with E-state index < -0.39 is 49.6 Å². The van der Waals surface area contributed by atoms with Crippen LogP contribution in [0.2, 0.25) is 0 Å². The van der Waals surface area contributed by atoms with E-state index in [1.54, 1.807) is 0 Å². The molecule has 0 rings (SSSR count). The molecule has 0 saturated heterocycles. The lowest BCUT2D eigenvalue weighted by Gasteiger charge is -2.28. The van der Waals surface area contributed by atoms with Crippen LogP contribution in [0.5, 0.6) is 0 Å². The molecule has 0 aliphatic heterocycles. The van der Waals surface area contributed by atoms with Gasteiger partial charge in [0.1, 0.15) is 24.9 Å². The number of carbonyl (C=O) groups is 2. The van der Waals surface area contributed by atoms with Crippen LogP contribution in [0, 0.1) is 0 Å². The second-order valence-electron chi connectivity index (χ2n) is 7.77. The lowest BCUT2D eigenvalue weighted by atomic mass is 10.0. The van der Waals surface area contributed by atoms with E-state index in [9.17, 15) is 24.9 Å². The summed E-state index contributed by atoms with van der Waals surface area (Å²) in [6.07, 6.45) is 3.60. The first kappa shape index (κ1) is 28.8. The zero-order valence-corrected chi connectivity index (χ0v) is 18.6. The highest BCUT2D eigenvalue weighted by molar-refractivity contribution is 5.70. The maximum Gasteiger partial charge on any atom is 0.306 e. The molecule has 0 unspecified atom stereocenters. The molecule has 4 atom stereocenters. The van der Waals surface area contributed by atoms with E-state index in [2.05, 4.69) is 13.8 Å². The molecule has 0 amide bonds. The molecular formula is C22H42O8. The van der Waals surface area contributed by atoms with Crippen LogP contribution < -0.4 is 0 Å². The Morgan fingerprint density at radius 2 is 1.23 bits per heavy atom. The molecule has 178 valence electrons. The third-order valence-corrected chi connectivity index (χ3v) is 4.97. The predicted octanol–water partition coefficient (Wildman–Crippen LogP) is 2.24. The summed E-state index contributed by atoms with van der Waals surface area (Å²) in [4.78, 5) is 24.0. The van der Waals surface area contributed by atoms with Gasteiger partial charge in [0.25, 0.3) is 0 Å². The summed E-state index contributed by atoms with van der Waals surface area (Å²) in [5.74, 6) is -1.05. The summed E-state index contributed by atoms with van der Waals surface area (Å²) in [5.41, 5.74) is 0. The van der Waals surface area contributed by atoms with Gasteiger partial charge in [-0.15, -0.1) is 0 Å². The predicted molar refractivity (Wildman–Crippen MR) is 113 cm³/mol. The first-order valence-corrected chi connectivity index (χ1v) is 11.4. The minimum Gasteiger partial charge on any atom is -0.462 e. The third-order valence-electron chi connectivity index (χ3n) is 4.97. The number of esters is 2. The minimum atomic E-state index is -1.75. The van der Waals surface area contributed by atoms with Crippen molar-refractivity contribution in [1.29, 1.82) is 0 Å². The van der Waals surface area contributed by atoms with Gasteiger partial charge >= 0.3 is 11.9 Å². The monoisotopic (exact) mass is 434 g/mol. The Labute approximate surface area is 180 Å². The van der Waals surface area contributed by atoms with Crippen LogP contribution in [0.4, 0.5) is 0 Å². The van der Waals surface area contributed by atoms with E-state index in [0.29, 0.717) is 12.8 Å². The van der Waals surface area contributed by atoms with Gasteiger partial charge in [0.05, 0.1) is 6.61 Å². The van der Waals surface area contributed by atoms with Gasteiger partial charge in [-0.2, -0.15) is 0 Å². The van der Waals surface area contributed by atoms with Crippen molar-refractivity contribution in [3.63, 3.8) is 0 Å². The van der Waals surface area contributed by atoms with Crippen molar-refractivity contribution in [1.82, 2.24) is 0 Å². The largest absolute Gasteiger partial charge is 0.462 e. The molecule has 0 spiro atoms. The molecule has 0 heterocycles. The summed E-state index contributed by atoms with van der Waals surface area (Å²) in [6.45, 7) is 3.01. The highest BCUT2D eigenvalue weighted by Gasteiger charge is 2.34. The van der Waals surface area contributed by atoms with Crippen LogP contribution in [-0.4, -0.2) is 70.0 Å². The maximum atomic E-state index is 12.1. The Kier molecular flexibility index (Phi) is 17.8. The van der Waals surface area contributed by atoms with Crippen molar-refractivity contribution >= 4 is 11.9 Å². The van der Waals surface area contributed by atoms with E-state index in [1.807, 2.05) is 0 Å². The Morgan fingerprint density at radius 3 is 1.73 bits per heavy atom. The van der Waals surface area contributed by atoms with Crippen LogP contribution in [0.25, 0.3) is 0 Å². The Bertz CT molecular complexity index is 443. The maximum absolute atomic E-state index is 12.1. The number of hydrogen-bond donors (Lipinski definition) is 4. The molecule has 0 fully saturated rings. The average molecular weight is 435 g/mol. The fraction of sp³-hybridized carbons (Fsp3) is 0.909. The standard InChI is InChI=1S/C22H42O8/c1-3-5-7-9-11-13-19(25)29-16-18(22(28)21(27)17(24)15-23)30-20(26)14-12-10-8-6-4-2/h17-18,21-24,27-28H,3-16H2,1-2H3/t17-,18-,21-,22-/m1/s1. The molecule has 4 N–H and O–H groups in total. The Hall–Kier alpha value is -1.22. The van der Waals surface area contributed by atoms with Crippen molar-refractivity contribution in [3.8, 4) is 0 Å².